The highest BCUT2D eigenvalue weighted by Gasteiger charge is 2.31. The fraction of sp³-hybridized carbons (Fsp3) is 0.320. The summed E-state index contributed by atoms with van der Waals surface area (Å²) in [5.41, 5.74) is 2.01. The Labute approximate surface area is 202 Å². The van der Waals surface area contributed by atoms with Crippen molar-refractivity contribution >= 4 is 52.9 Å². The van der Waals surface area contributed by atoms with Crippen LogP contribution in [0.15, 0.2) is 52.3 Å². The monoisotopic (exact) mass is 484 g/mol. The fourth-order valence-corrected chi connectivity index (χ4v) is 5.30. The molecule has 2 heterocycles. The van der Waals surface area contributed by atoms with Gasteiger partial charge in [0, 0.05) is 35.6 Å². The molecular weight excluding hydrogens is 460 g/mol. The molecule has 1 saturated heterocycles. The van der Waals surface area contributed by atoms with Crippen LogP contribution in [0.2, 0.25) is 5.02 Å². The van der Waals surface area contributed by atoms with Crippen molar-refractivity contribution in [2.24, 2.45) is 5.92 Å². The molecule has 2 aliphatic rings. The van der Waals surface area contributed by atoms with Crippen LogP contribution in [0.25, 0.3) is 6.08 Å². The van der Waals surface area contributed by atoms with Gasteiger partial charge < -0.3 is 14.5 Å². The third-order valence-corrected chi connectivity index (χ3v) is 7.32. The minimum atomic E-state index is -0.184. The Bertz CT molecular complexity index is 1130. The topological polar surface area (TPSA) is 66.9 Å². The Balaban J connectivity index is 1.50. The second-order valence-corrected chi connectivity index (χ2v) is 9.49. The number of ether oxygens (including phenoxy) is 1. The average molecular weight is 485 g/mol. The van der Waals surface area contributed by atoms with E-state index in [9.17, 15) is 14.4 Å². The first-order chi connectivity index (χ1) is 15.9. The molecule has 0 N–H and O–H groups in total. The summed E-state index contributed by atoms with van der Waals surface area (Å²) >= 11 is 7.62. The zero-order valence-corrected chi connectivity index (χ0v) is 20.1. The third kappa shape index (κ3) is 4.94. The first-order valence-corrected chi connectivity index (χ1v) is 12.1. The van der Waals surface area contributed by atoms with E-state index >= 15 is 0 Å². The second kappa shape index (κ2) is 10.0. The number of carbonyl (C=O) groups excluding carboxylic acids is 3. The van der Waals surface area contributed by atoms with Crippen LogP contribution in [0.4, 0.5) is 5.69 Å². The lowest BCUT2D eigenvalue weighted by molar-refractivity contribution is -0.149. The first kappa shape index (κ1) is 23.4. The molecule has 0 saturated carbocycles. The van der Waals surface area contributed by atoms with Crippen molar-refractivity contribution in [2.45, 2.75) is 24.7 Å². The van der Waals surface area contributed by atoms with Crippen LogP contribution in [0.3, 0.4) is 0 Å². The summed E-state index contributed by atoms with van der Waals surface area (Å²) in [6.07, 6.45) is 2.99. The Morgan fingerprint density at radius 2 is 1.91 bits per heavy atom. The van der Waals surface area contributed by atoms with Crippen molar-refractivity contribution in [3.8, 4) is 0 Å². The SMILES string of the molecule is CCOC(=O)C1CCN(C(=O)c2ccc3c(c2)N(C)C(=O)/C(=C/c2ccccc2Cl)S3)CC1. The third-order valence-electron chi connectivity index (χ3n) is 5.90. The number of amides is 2. The normalized spacial score (nSPS) is 17.8. The van der Waals surface area contributed by atoms with Crippen LogP contribution in [0.1, 0.15) is 35.7 Å². The number of piperidine rings is 1. The molecule has 0 atom stereocenters. The molecule has 2 aromatic rings. The molecule has 6 nitrogen and oxygen atoms in total. The summed E-state index contributed by atoms with van der Waals surface area (Å²) < 4.78 is 5.10. The van der Waals surface area contributed by atoms with Gasteiger partial charge in [-0.05, 0) is 55.7 Å². The second-order valence-electron chi connectivity index (χ2n) is 8.00. The Morgan fingerprint density at radius 1 is 1.18 bits per heavy atom. The van der Waals surface area contributed by atoms with Gasteiger partial charge in [-0.25, -0.2) is 0 Å². The molecule has 2 aromatic carbocycles. The molecule has 2 amide bonds. The molecule has 172 valence electrons. The number of benzene rings is 2. The summed E-state index contributed by atoms with van der Waals surface area (Å²) in [4.78, 5) is 42.8. The number of nitrogens with zero attached hydrogens (tertiary/aromatic N) is 2. The van der Waals surface area contributed by atoms with Crippen molar-refractivity contribution < 1.29 is 19.1 Å². The zero-order valence-electron chi connectivity index (χ0n) is 18.5. The summed E-state index contributed by atoms with van der Waals surface area (Å²) in [6, 6.07) is 12.8. The standard InChI is InChI=1S/C25H25ClN2O4S/c1-3-32-25(31)16-10-12-28(13-11-16)23(29)18-8-9-21-20(14-18)27(2)24(30)22(33-21)15-17-6-4-5-7-19(17)26/h4-9,14-16H,3,10-13H2,1-2H3/b22-15-. The molecule has 8 heteroatoms. The molecule has 0 bridgehead atoms. The maximum absolute atomic E-state index is 13.1. The highest BCUT2D eigenvalue weighted by molar-refractivity contribution is 8.04. The van der Waals surface area contributed by atoms with E-state index in [-0.39, 0.29) is 23.7 Å². The molecule has 0 aromatic heterocycles. The van der Waals surface area contributed by atoms with Crippen LogP contribution in [0.5, 0.6) is 0 Å². The summed E-state index contributed by atoms with van der Waals surface area (Å²) in [7, 11) is 1.71. The fourth-order valence-electron chi connectivity index (χ4n) is 4.02. The summed E-state index contributed by atoms with van der Waals surface area (Å²) in [5.74, 6) is -0.576. The first-order valence-electron chi connectivity index (χ1n) is 10.9. The van der Waals surface area contributed by atoms with Crippen molar-refractivity contribution in [3.63, 3.8) is 0 Å². The van der Waals surface area contributed by atoms with Crippen LogP contribution >= 0.6 is 23.4 Å². The minimum Gasteiger partial charge on any atom is -0.466 e. The molecule has 33 heavy (non-hydrogen) atoms. The highest BCUT2D eigenvalue weighted by Crippen LogP contribution is 2.42. The average Bonchev–Trinajstić information content (AvgIpc) is 2.83. The largest absolute Gasteiger partial charge is 0.466 e. The van der Waals surface area contributed by atoms with Gasteiger partial charge in [0.15, 0.2) is 0 Å². The number of anilines is 1. The van der Waals surface area contributed by atoms with Crippen LogP contribution < -0.4 is 4.90 Å². The summed E-state index contributed by atoms with van der Waals surface area (Å²) in [5, 5.41) is 0.583. The van der Waals surface area contributed by atoms with Gasteiger partial charge in [-0.3, -0.25) is 14.4 Å². The van der Waals surface area contributed by atoms with Gasteiger partial charge in [0.05, 0.1) is 23.1 Å². The maximum Gasteiger partial charge on any atom is 0.309 e. The van der Waals surface area contributed by atoms with Crippen LogP contribution in [0, 0.1) is 5.92 Å². The predicted molar refractivity (Wildman–Crippen MR) is 130 cm³/mol. The van der Waals surface area contributed by atoms with Crippen molar-refractivity contribution in [2.75, 3.05) is 31.6 Å². The number of likely N-dealkylation sites (tertiary alicyclic amines) is 1. The maximum atomic E-state index is 13.1. The highest BCUT2D eigenvalue weighted by atomic mass is 35.5. The molecule has 4 rings (SSSR count). The molecule has 1 fully saturated rings. The van der Waals surface area contributed by atoms with E-state index in [0.29, 0.717) is 53.7 Å². The van der Waals surface area contributed by atoms with E-state index in [1.165, 1.54) is 11.8 Å². The van der Waals surface area contributed by atoms with Crippen LogP contribution in [-0.2, 0) is 14.3 Å². The number of esters is 1. The van der Waals surface area contributed by atoms with Gasteiger partial charge in [-0.2, -0.15) is 0 Å². The van der Waals surface area contributed by atoms with E-state index in [0.717, 1.165) is 10.5 Å². The van der Waals surface area contributed by atoms with Crippen molar-refractivity contribution in [3.05, 3.63) is 63.5 Å². The van der Waals surface area contributed by atoms with E-state index < -0.39 is 0 Å². The zero-order chi connectivity index (χ0) is 23.5. The van der Waals surface area contributed by atoms with Gasteiger partial charge in [-0.1, -0.05) is 41.6 Å². The summed E-state index contributed by atoms with van der Waals surface area (Å²) in [6.45, 7) is 3.18. The molecule has 2 aliphatic heterocycles. The number of likely N-dealkylation sites (N-methyl/N-ethyl adjacent to an activating group) is 1. The number of rotatable bonds is 4. The van der Waals surface area contributed by atoms with Gasteiger partial charge in [0.2, 0.25) is 0 Å². The van der Waals surface area contributed by atoms with E-state index in [2.05, 4.69) is 0 Å². The predicted octanol–water partition coefficient (Wildman–Crippen LogP) is 4.86. The quantitative estimate of drug-likeness (QED) is 0.457. The number of carbonyl (C=O) groups is 3. The number of hydrogen-bond donors (Lipinski definition) is 0. The van der Waals surface area contributed by atoms with Gasteiger partial charge >= 0.3 is 5.97 Å². The Morgan fingerprint density at radius 3 is 2.61 bits per heavy atom. The van der Waals surface area contributed by atoms with E-state index in [1.54, 1.807) is 48.0 Å². The minimum absolute atomic E-state index is 0.0941. The van der Waals surface area contributed by atoms with Crippen LogP contribution in [-0.4, -0.2) is 49.4 Å². The lowest BCUT2D eigenvalue weighted by atomic mass is 9.96. The van der Waals surface area contributed by atoms with Gasteiger partial charge in [0.25, 0.3) is 11.8 Å². The van der Waals surface area contributed by atoms with Crippen molar-refractivity contribution in [1.82, 2.24) is 4.90 Å². The number of thioether (sulfide) groups is 1. The molecule has 0 aliphatic carbocycles. The smallest absolute Gasteiger partial charge is 0.309 e. The Hall–Kier alpha value is -2.77. The number of halogens is 1. The lowest BCUT2D eigenvalue weighted by Crippen LogP contribution is -2.40. The van der Waals surface area contributed by atoms with Gasteiger partial charge in [0.1, 0.15) is 0 Å². The van der Waals surface area contributed by atoms with E-state index in [1.807, 2.05) is 24.3 Å². The lowest BCUT2D eigenvalue weighted by Gasteiger charge is -2.32. The number of fused-ring (bicyclic) bond motifs is 1. The van der Waals surface area contributed by atoms with Crippen molar-refractivity contribution in [1.29, 1.82) is 0 Å². The van der Waals surface area contributed by atoms with E-state index in [4.69, 9.17) is 16.3 Å². The number of hydrogen-bond acceptors (Lipinski definition) is 5. The molecule has 0 radical (unpaired) electrons. The Kier molecular flexibility index (Phi) is 7.10. The van der Waals surface area contributed by atoms with Gasteiger partial charge in [-0.15, -0.1) is 0 Å². The molecule has 0 spiro atoms. The molecule has 0 unspecified atom stereocenters. The molecular formula is C25H25ClN2O4S.